The number of methoxy groups -OCH3 is 2. The monoisotopic (exact) mass is 625 g/mol. The molecule has 0 saturated carbocycles. The Morgan fingerprint density at radius 3 is 2.31 bits per heavy atom. The SMILES string of the molecule is C1CCOC1.CNC(=O)C(CCC=O)NCc1cc(OC)ccc1COC.CNC/C(=C\Nc1ccccc1)CN1CCCC1. The summed E-state index contributed by atoms with van der Waals surface area (Å²) in [6.07, 6.45) is 9.02. The molecule has 10 nitrogen and oxygen atoms in total. The maximum Gasteiger partial charge on any atom is 0.236 e. The van der Waals surface area contributed by atoms with Crippen molar-refractivity contribution in [3.63, 3.8) is 0 Å². The Bertz CT molecular complexity index is 1100. The maximum absolute atomic E-state index is 11.8. The van der Waals surface area contributed by atoms with Crippen LogP contribution in [0.5, 0.6) is 5.75 Å². The first kappa shape index (κ1) is 37.9. The number of amides is 1. The third-order valence-corrected chi connectivity index (χ3v) is 7.46. The highest BCUT2D eigenvalue weighted by atomic mass is 16.5. The molecule has 1 atom stereocenters. The molecule has 0 spiro atoms. The normalized spacial score (nSPS) is 15.2. The molecule has 4 N–H and O–H groups in total. The zero-order valence-corrected chi connectivity index (χ0v) is 27.7. The number of hydrogen-bond acceptors (Lipinski definition) is 9. The number of carbonyl (C=O) groups is 2. The number of nitrogens with zero attached hydrogens (tertiary/aromatic N) is 1. The van der Waals surface area contributed by atoms with Gasteiger partial charge >= 0.3 is 0 Å². The van der Waals surface area contributed by atoms with Gasteiger partial charge in [0.05, 0.1) is 19.8 Å². The van der Waals surface area contributed by atoms with E-state index in [4.69, 9.17) is 14.2 Å². The standard InChI is InChI=1S/C16H24N2O4.C15H23N3.C4H8O/c1-17-16(20)15(5-4-8-19)18-10-13-9-14(22-3)7-6-12(13)11-21-2;1-16-11-14(13-18-9-5-6-10-18)12-17-15-7-3-2-4-8-15;1-2-4-5-3-1/h6-9,15,18H,4-5,10-11H2,1-3H3,(H,17,20);2-4,7-8,12,16-17H,5-6,9-11,13H2,1H3;1-4H2/b;14-12+;. The van der Waals surface area contributed by atoms with Crippen LogP contribution in [0.1, 0.15) is 49.7 Å². The van der Waals surface area contributed by atoms with Crippen LogP contribution < -0.4 is 26.0 Å². The van der Waals surface area contributed by atoms with Crippen molar-refractivity contribution in [2.75, 3.05) is 73.0 Å². The molecule has 2 aromatic carbocycles. The fraction of sp³-hybridized carbons (Fsp3) is 0.543. The Morgan fingerprint density at radius 1 is 1.00 bits per heavy atom. The van der Waals surface area contributed by atoms with Crippen molar-refractivity contribution in [3.8, 4) is 5.75 Å². The fourth-order valence-electron chi connectivity index (χ4n) is 5.00. The molecule has 0 aromatic heterocycles. The lowest BCUT2D eigenvalue weighted by Crippen LogP contribution is -2.42. The van der Waals surface area contributed by atoms with Crippen molar-refractivity contribution in [2.45, 2.75) is 57.7 Å². The Labute approximate surface area is 270 Å². The first-order chi connectivity index (χ1) is 22.0. The van der Waals surface area contributed by atoms with E-state index < -0.39 is 6.04 Å². The average molecular weight is 626 g/mol. The second-order valence-corrected chi connectivity index (χ2v) is 11.0. The molecule has 2 aliphatic heterocycles. The van der Waals surface area contributed by atoms with Gasteiger partial charge in [-0.1, -0.05) is 24.3 Å². The molecule has 1 unspecified atom stereocenters. The van der Waals surface area contributed by atoms with Gasteiger partial charge in [0.25, 0.3) is 0 Å². The Morgan fingerprint density at radius 2 is 1.73 bits per heavy atom. The minimum absolute atomic E-state index is 0.127. The lowest BCUT2D eigenvalue weighted by atomic mass is 10.1. The topological polar surface area (TPSA) is 113 Å². The Balaban J connectivity index is 0.000000274. The van der Waals surface area contributed by atoms with Crippen LogP contribution in [-0.2, 0) is 32.2 Å². The van der Waals surface area contributed by atoms with Gasteiger partial charge in [-0.2, -0.15) is 0 Å². The minimum Gasteiger partial charge on any atom is -0.497 e. The van der Waals surface area contributed by atoms with E-state index in [1.165, 1.54) is 44.3 Å². The maximum atomic E-state index is 11.8. The third-order valence-electron chi connectivity index (χ3n) is 7.46. The van der Waals surface area contributed by atoms with Crippen molar-refractivity contribution in [2.24, 2.45) is 0 Å². The number of benzene rings is 2. The largest absolute Gasteiger partial charge is 0.497 e. The van der Waals surface area contributed by atoms with Gasteiger partial charge in [-0.15, -0.1) is 0 Å². The molecule has 2 fully saturated rings. The predicted molar refractivity (Wildman–Crippen MR) is 182 cm³/mol. The summed E-state index contributed by atoms with van der Waals surface area (Å²) in [5.74, 6) is 0.624. The van der Waals surface area contributed by atoms with Gasteiger partial charge in [0, 0.05) is 65.3 Å². The predicted octanol–water partition coefficient (Wildman–Crippen LogP) is 4.12. The zero-order valence-electron chi connectivity index (χ0n) is 27.7. The molecule has 2 saturated heterocycles. The summed E-state index contributed by atoms with van der Waals surface area (Å²) in [5.41, 5.74) is 4.58. The van der Waals surface area contributed by atoms with Crippen LogP contribution in [0.2, 0.25) is 0 Å². The average Bonchev–Trinajstić information content (AvgIpc) is 3.83. The number of carbonyl (C=O) groups excluding carboxylic acids is 2. The smallest absolute Gasteiger partial charge is 0.236 e. The lowest BCUT2D eigenvalue weighted by molar-refractivity contribution is -0.122. The highest BCUT2D eigenvalue weighted by Gasteiger charge is 2.17. The van der Waals surface area contributed by atoms with Crippen molar-refractivity contribution >= 4 is 17.9 Å². The van der Waals surface area contributed by atoms with Gasteiger partial charge in [0.2, 0.25) is 5.91 Å². The Hall–Kier alpha value is -3.28. The van der Waals surface area contributed by atoms with Crippen LogP contribution in [0.4, 0.5) is 5.69 Å². The molecule has 0 bridgehead atoms. The summed E-state index contributed by atoms with van der Waals surface area (Å²) >= 11 is 0. The molecular formula is C35H55N5O5. The molecule has 10 heteroatoms. The van der Waals surface area contributed by atoms with Gasteiger partial charge in [0.15, 0.2) is 0 Å². The van der Waals surface area contributed by atoms with Crippen LogP contribution in [0.3, 0.4) is 0 Å². The van der Waals surface area contributed by atoms with Crippen LogP contribution in [-0.4, -0.2) is 90.8 Å². The Kier molecular flexibility index (Phi) is 20.2. The van der Waals surface area contributed by atoms with E-state index in [1.807, 2.05) is 43.4 Å². The van der Waals surface area contributed by atoms with E-state index in [9.17, 15) is 9.59 Å². The highest BCUT2D eigenvalue weighted by molar-refractivity contribution is 5.81. The van der Waals surface area contributed by atoms with E-state index in [2.05, 4.69) is 44.5 Å². The number of hydrogen-bond donors (Lipinski definition) is 4. The van der Waals surface area contributed by atoms with Crippen LogP contribution >= 0.6 is 0 Å². The summed E-state index contributed by atoms with van der Waals surface area (Å²) < 4.78 is 15.4. The summed E-state index contributed by atoms with van der Waals surface area (Å²) in [6.45, 7) is 7.47. The highest BCUT2D eigenvalue weighted by Crippen LogP contribution is 2.19. The number of ether oxygens (including phenoxy) is 3. The van der Waals surface area contributed by atoms with Crippen molar-refractivity contribution in [1.82, 2.24) is 20.9 Å². The van der Waals surface area contributed by atoms with Gasteiger partial charge in [-0.05, 0) is 93.2 Å². The fourth-order valence-corrected chi connectivity index (χ4v) is 5.00. The van der Waals surface area contributed by atoms with Crippen molar-refractivity contribution in [3.05, 3.63) is 71.4 Å². The number of aldehydes is 1. The van der Waals surface area contributed by atoms with E-state index in [1.54, 1.807) is 21.3 Å². The van der Waals surface area contributed by atoms with Gasteiger partial charge < -0.3 is 40.3 Å². The molecule has 2 aliphatic rings. The molecule has 250 valence electrons. The molecule has 2 heterocycles. The minimum atomic E-state index is -0.406. The molecule has 4 rings (SSSR count). The first-order valence-corrected chi connectivity index (χ1v) is 16.0. The molecule has 45 heavy (non-hydrogen) atoms. The molecular weight excluding hydrogens is 570 g/mol. The van der Waals surface area contributed by atoms with Crippen LogP contribution in [0, 0.1) is 0 Å². The van der Waals surface area contributed by atoms with Crippen molar-refractivity contribution < 1.29 is 23.8 Å². The summed E-state index contributed by atoms with van der Waals surface area (Å²) in [6, 6.07) is 15.6. The number of rotatable bonds is 16. The second-order valence-electron chi connectivity index (χ2n) is 11.0. The van der Waals surface area contributed by atoms with Crippen LogP contribution in [0.15, 0.2) is 60.3 Å². The van der Waals surface area contributed by atoms with E-state index in [0.29, 0.717) is 26.0 Å². The number of likely N-dealkylation sites (tertiary alicyclic amines) is 1. The van der Waals surface area contributed by atoms with E-state index >= 15 is 0 Å². The quantitative estimate of drug-likeness (QED) is 0.205. The zero-order chi connectivity index (χ0) is 32.5. The summed E-state index contributed by atoms with van der Waals surface area (Å²) in [5, 5.41) is 12.4. The number of anilines is 1. The first-order valence-electron chi connectivity index (χ1n) is 16.0. The van der Waals surface area contributed by atoms with E-state index in [-0.39, 0.29) is 5.91 Å². The van der Waals surface area contributed by atoms with Crippen LogP contribution in [0.25, 0.3) is 0 Å². The number of nitrogens with one attached hydrogen (secondary N) is 4. The van der Waals surface area contributed by atoms with Crippen molar-refractivity contribution in [1.29, 1.82) is 0 Å². The summed E-state index contributed by atoms with van der Waals surface area (Å²) in [7, 11) is 6.83. The second kappa shape index (κ2) is 24.0. The van der Waals surface area contributed by atoms with Gasteiger partial charge in [0.1, 0.15) is 12.0 Å². The number of likely N-dealkylation sites (N-methyl/N-ethyl adjacent to an activating group) is 2. The molecule has 1 amide bonds. The van der Waals surface area contributed by atoms with E-state index in [0.717, 1.165) is 55.2 Å². The van der Waals surface area contributed by atoms with Gasteiger partial charge in [-0.3, -0.25) is 9.69 Å². The lowest BCUT2D eigenvalue weighted by Gasteiger charge is -2.18. The molecule has 0 aliphatic carbocycles. The number of para-hydroxylation sites is 1. The third kappa shape index (κ3) is 16.0. The van der Waals surface area contributed by atoms with Gasteiger partial charge in [-0.25, -0.2) is 0 Å². The molecule has 2 aromatic rings. The summed E-state index contributed by atoms with van der Waals surface area (Å²) in [4.78, 5) is 24.9. The molecule has 0 radical (unpaired) electrons.